The van der Waals surface area contributed by atoms with Crippen LogP contribution in [0, 0.1) is 3.57 Å². The molecule has 0 heterocycles. The first-order valence-corrected chi connectivity index (χ1v) is 4.14. The molecule has 0 saturated heterocycles. The van der Waals surface area contributed by atoms with Gasteiger partial charge in [0.15, 0.2) is 0 Å². The molecule has 50 valence electrons. The summed E-state index contributed by atoms with van der Waals surface area (Å²) in [5.74, 6) is 0. The summed E-state index contributed by atoms with van der Waals surface area (Å²) in [4.78, 5) is 0. The zero-order valence-electron chi connectivity index (χ0n) is 5.07. The second-order valence-corrected chi connectivity index (χ2v) is 3.56. The molecule has 1 aromatic carbocycles. The molecule has 1 aromatic rings. The van der Waals surface area contributed by atoms with E-state index in [0.29, 0.717) is 10.0 Å². The van der Waals surface area contributed by atoms with Crippen molar-refractivity contribution >= 4 is 45.8 Å². The van der Waals surface area contributed by atoms with E-state index in [2.05, 4.69) is 22.6 Å². The minimum Gasteiger partial charge on any atom is -0.0843 e. The molecule has 0 amide bonds. The van der Waals surface area contributed by atoms with Crippen molar-refractivity contribution < 1.29 is 19.5 Å². The number of halogens is 3. The van der Waals surface area contributed by atoms with Crippen LogP contribution in [0.15, 0.2) is 18.2 Å². The molecule has 0 spiro atoms. The van der Waals surface area contributed by atoms with Gasteiger partial charge in [-0.2, -0.15) is 0 Å². The van der Waals surface area contributed by atoms with Gasteiger partial charge >= 0.3 is 0 Å². The molecule has 0 N–H and O–H groups in total. The molecule has 0 nitrogen and oxygen atoms in total. The van der Waals surface area contributed by atoms with Crippen molar-refractivity contribution in [2.45, 2.75) is 0 Å². The predicted molar refractivity (Wildman–Crippen MR) is 49.2 cm³/mol. The normalized spacial score (nSPS) is 8.70. The van der Waals surface area contributed by atoms with Crippen LogP contribution < -0.4 is 0 Å². The fourth-order valence-corrected chi connectivity index (χ4v) is 1.21. The summed E-state index contributed by atoms with van der Waals surface area (Å²) in [6, 6.07) is 5.42. The molecule has 0 aliphatic rings. The summed E-state index contributed by atoms with van der Waals surface area (Å²) in [5.41, 5.74) is 0. The van der Waals surface area contributed by atoms with Gasteiger partial charge in [-0.1, -0.05) is 23.2 Å². The molecule has 0 bridgehead atoms. The van der Waals surface area contributed by atoms with Crippen molar-refractivity contribution in [1.82, 2.24) is 0 Å². The second kappa shape index (κ2) is 4.92. The molecular weight excluding hydrogens is 335 g/mol. The fraction of sp³-hybridized carbons (Fsp3) is 0. The van der Waals surface area contributed by atoms with E-state index in [9.17, 15) is 0 Å². The Labute approximate surface area is 96.2 Å². The Balaban J connectivity index is 0.000000810. The summed E-state index contributed by atoms with van der Waals surface area (Å²) in [6.07, 6.45) is 0. The molecule has 0 aliphatic heterocycles. The minimum atomic E-state index is 0. The smallest absolute Gasteiger partial charge is 0.0554 e. The van der Waals surface area contributed by atoms with E-state index < -0.39 is 0 Å². The maximum atomic E-state index is 5.72. The van der Waals surface area contributed by atoms with Gasteiger partial charge in [0.05, 0.1) is 5.02 Å². The minimum absolute atomic E-state index is 0. The first-order valence-electron chi connectivity index (χ1n) is 2.30. The Hall–Kier alpha value is 1.15. The van der Waals surface area contributed by atoms with Crippen molar-refractivity contribution in [3.8, 4) is 0 Å². The van der Waals surface area contributed by atoms with E-state index in [4.69, 9.17) is 23.2 Å². The van der Waals surface area contributed by atoms with Crippen molar-refractivity contribution in [3.05, 3.63) is 31.8 Å². The third kappa shape index (κ3) is 3.04. The molecule has 10 heavy (non-hydrogen) atoms. The van der Waals surface area contributed by atoms with Crippen molar-refractivity contribution in [2.75, 3.05) is 0 Å². The van der Waals surface area contributed by atoms with Gasteiger partial charge in [0, 0.05) is 28.1 Å². The molecule has 0 fully saturated rings. The monoisotopic (exact) mass is 336 g/mol. The summed E-state index contributed by atoms with van der Waals surface area (Å²) in [6.45, 7) is 0. The third-order valence-electron chi connectivity index (χ3n) is 0.882. The van der Waals surface area contributed by atoms with Gasteiger partial charge in [0.2, 0.25) is 0 Å². The summed E-state index contributed by atoms with van der Waals surface area (Å²) < 4.78 is 1.03. The molecule has 1 rings (SSSR count). The van der Waals surface area contributed by atoms with Gasteiger partial charge in [-0.05, 0) is 40.8 Å². The van der Waals surface area contributed by atoms with Crippen LogP contribution >= 0.6 is 45.8 Å². The Morgan fingerprint density at radius 3 is 2.20 bits per heavy atom. The molecule has 0 saturated carbocycles. The van der Waals surface area contributed by atoms with Gasteiger partial charge < -0.3 is 0 Å². The fourth-order valence-electron chi connectivity index (χ4n) is 0.470. The average molecular weight is 338 g/mol. The first-order chi connectivity index (χ1) is 4.20. The zero-order valence-corrected chi connectivity index (χ0v) is 11.7. The van der Waals surface area contributed by atoms with E-state index in [0.717, 1.165) is 3.57 Å². The molecule has 0 aliphatic carbocycles. The molecular formula is C6H3Cl2IZn. The van der Waals surface area contributed by atoms with Gasteiger partial charge in [-0.25, -0.2) is 0 Å². The van der Waals surface area contributed by atoms with Crippen molar-refractivity contribution in [3.63, 3.8) is 0 Å². The molecule has 0 radical (unpaired) electrons. The van der Waals surface area contributed by atoms with Crippen LogP contribution in [-0.4, -0.2) is 0 Å². The number of rotatable bonds is 0. The van der Waals surface area contributed by atoms with Gasteiger partial charge in [-0.15, -0.1) is 0 Å². The Morgan fingerprint density at radius 2 is 1.80 bits per heavy atom. The van der Waals surface area contributed by atoms with Gasteiger partial charge in [0.25, 0.3) is 0 Å². The quantitative estimate of drug-likeness (QED) is 0.385. The van der Waals surface area contributed by atoms with Crippen LogP contribution in [0.5, 0.6) is 0 Å². The van der Waals surface area contributed by atoms with Crippen LogP contribution in [0.3, 0.4) is 0 Å². The predicted octanol–water partition coefficient (Wildman–Crippen LogP) is 3.60. The zero-order chi connectivity index (χ0) is 6.85. The number of hydrogen-bond acceptors (Lipinski definition) is 0. The number of benzene rings is 1. The maximum absolute atomic E-state index is 5.72. The van der Waals surface area contributed by atoms with Gasteiger partial charge in [0.1, 0.15) is 0 Å². The number of hydrogen-bond donors (Lipinski definition) is 0. The Kier molecular flexibility index (Phi) is 5.48. The average Bonchev–Trinajstić information content (AvgIpc) is 1.80. The third-order valence-corrected chi connectivity index (χ3v) is 2.69. The molecule has 4 heteroatoms. The van der Waals surface area contributed by atoms with E-state index in [-0.39, 0.29) is 19.5 Å². The van der Waals surface area contributed by atoms with Crippen molar-refractivity contribution in [1.29, 1.82) is 0 Å². The topological polar surface area (TPSA) is 0 Å². The summed E-state index contributed by atoms with van der Waals surface area (Å²) in [5, 5.41) is 1.39. The first kappa shape index (κ1) is 11.2. The summed E-state index contributed by atoms with van der Waals surface area (Å²) >= 11 is 13.5. The second-order valence-electron chi connectivity index (χ2n) is 1.56. The van der Waals surface area contributed by atoms with Crippen molar-refractivity contribution in [2.24, 2.45) is 0 Å². The van der Waals surface area contributed by atoms with E-state index in [1.807, 2.05) is 12.1 Å². The maximum Gasteiger partial charge on any atom is 0.0554 e. The van der Waals surface area contributed by atoms with Crippen LogP contribution in [0.2, 0.25) is 10.0 Å². The van der Waals surface area contributed by atoms with Crippen LogP contribution in [0.25, 0.3) is 0 Å². The SMILES string of the molecule is Clc1ccc(I)c(Cl)c1.[Zn]. The standard InChI is InChI=1S/C6H3Cl2I.Zn/c7-4-1-2-6(9)5(8)3-4;/h1-3H;. The van der Waals surface area contributed by atoms with E-state index in [1.54, 1.807) is 6.07 Å². The molecule has 0 aromatic heterocycles. The van der Waals surface area contributed by atoms with Crippen LogP contribution in [0.1, 0.15) is 0 Å². The van der Waals surface area contributed by atoms with E-state index >= 15 is 0 Å². The van der Waals surface area contributed by atoms with E-state index in [1.165, 1.54) is 0 Å². The Bertz CT molecular complexity index is 227. The molecule has 0 atom stereocenters. The van der Waals surface area contributed by atoms with Gasteiger partial charge in [-0.3, -0.25) is 0 Å². The Morgan fingerprint density at radius 1 is 1.20 bits per heavy atom. The van der Waals surface area contributed by atoms with Crippen LogP contribution in [-0.2, 0) is 19.5 Å². The van der Waals surface area contributed by atoms with Crippen LogP contribution in [0.4, 0.5) is 0 Å². The largest absolute Gasteiger partial charge is 0.0843 e. The molecule has 0 unspecified atom stereocenters. The summed E-state index contributed by atoms with van der Waals surface area (Å²) in [7, 11) is 0.